The number of benzene rings is 2. The number of morpholine rings is 1. The first-order valence-corrected chi connectivity index (χ1v) is 20.1. The van der Waals surface area contributed by atoms with Gasteiger partial charge in [0.1, 0.15) is 12.1 Å². The molecule has 7 rings (SSSR count). The molecule has 0 bridgehead atoms. The first kappa shape index (κ1) is 37.5. The maximum atomic E-state index is 14.5. The van der Waals surface area contributed by atoms with E-state index < -0.39 is 48.8 Å². The highest BCUT2D eigenvalue weighted by Crippen LogP contribution is 2.59. The van der Waals surface area contributed by atoms with Crippen molar-refractivity contribution >= 4 is 52.6 Å². The Morgan fingerprint density at radius 1 is 0.962 bits per heavy atom. The molecule has 1 aromatic heterocycles. The van der Waals surface area contributed by atoms with Gasteiger partial charge in [-0.25, -0.2) is 0 Å². The van der Waals surface area contributed by atoms with Gasteiger partial charge < -0.3 is 39.3 Å². The molecule has 3 aromatic rings. The van der Waals surface area contributed by atoms with Gasteiger partial charge in [-0.15, -0.1) is 11.3 Å². The van der Waals surface area contributed by atoms with Gasteiger partial charge in [0.15, 0.2) is 0 Å². The first-order chi connectivity index (χ1) is 25.3. The fourth-order valence-electron chi connectivity index (χ4n) is 7.65. The second-order valence-electron chi connectivity index (χ2n) is 14.1. The van der Waals surface area contributed by atoms with Crippen LogP contribution in [0.25, 0.3) is 10.1 Å². The number of alkyl halides is 2. The molecule has 0 spiro atoms. The van der Waals surface area contributed by atoms with Crippen molar-refractivity contribution in [3.8, 4) is 0 Å². The summed E-state index contributed by atoms with van der Waals surface area (Å²) in [6, 6.07) is 11.9. The van der Waals surface area contributed by atoms with Crippen LogP contribution in [0.15, 0.2) is 54.6 Å². The maximum absolute atomic E-state index is 14.5. The highest BCUT2D eigenvalue weighted by Gasteiger charge is 2.51. The number of nitrogens with one attached hydrogen (secondary N) is 1. The number of amides is 4. The standard InChI is InChI=1S/C36H41F2N4O9PS/c37-36(38,52(47,48)49)25-6-11-30-23(16-25)17-31(53-30)32(43)39-28-18-27(51-21-22-4-2-1-3-5-22)9-7-26-8-10-29(42(26)34(28)45)35(46)41-19-24(20-41)33(44)40-12-14-50-15-13-40/h1-6,11,16-17,24,26-29H,7-10,12-15,18-21H2,(H,39,43)(H2,47,48,49)/t26-,27-,28?,29-/m0/s1. The van der Waals surface area contributed by atoms with Gasteiger partial charge in [-0.05, 0) is 54.8 Å². The first-order valence-electron chi connectivity index (χ1n) is 17.7. The lowest BCUT2D eigenvalue weighted by atomic mass is 9.95. The minimum Gasteiger partial charge on any atom is -0.378 e. The van der Waals surface area contributed by atoms with Gasteiger partial charge in [0.25, 0.3) is 5.91 Å². The Labute approximate surface area is 308 Å². The maximum Gasteiger partial charge on any atom is 0.399 e. The Balaban J connectivity index is 1.09. The number of likely N-dealkylation sites (tertiary alicyclic amines) is 1. The van der Waals surface area contributed by atoms with Crippen LogP contribution in [0.2, 0.25) is 0 Å². The molecule has 53 heavy (non-hydrogen) atoms. The molecule has 4 fully saturated rings. The topological polar surface area (TPSA) is 166 Å². The number of halogens is 2. The van der Waals surface area contributed by atoms with Gasteiger partial charge >= 0.3 is 13.3 Å². The molecule has 4 amide bonds. The quantitative estimate of drug-likeness (QED) is 0.275. The summed E-state index contributed by atoms with van der Waals surface area (Å²) in [5, 5.41) is 3.03. The second kappa shape index (κ2) is 15.2. The summed E-state index contributed by atoms with van der Waals surface area (Å²) >= 11 is 0.986. The Bertz CT molecular complexity index is 1910. The summed E-state index contributed by atoms with van der Waals surface area (Å²) in [5.74, 6) is -1.57. The van der Waals surface area contributed by atoms with Crippen LogP contribution in [0.4, 0.5) is 8.78 Å². The Kier molecular flexibility index (Phi) is 10.7. The molecule has 13 nitrogen and oxygen atoms in total. The van der Waals surface area contributed by atoms with E-state index in [1.165, 1.54) is 12.1 Å². The van der Waals surface area contributed by atoms with Crippen molar-refractivity contribution in [1.82, 2.24) is 20.0 Å². The van der Waals surface area contributed by atoms with E-state index in [4.69, 9.17) is 9.47 Å². The zero-order chi connectivity index (χ0) is 37.5. The van der Waals surface area contributed by atoms with Crippen LogP contribution in [0.1, 0.15) is 52.9 Å². The van der Waals surface area contributed by atoms with Crippen LogP contribution >= 0.6 is 18.9 Å². The number of thiophene rings is 1. The van der Waals surface area contributed by atoms with Gasteiger partial charge in [0.05, 0.1) is 36.7 Å². The lowest BCUT2D eigenvalue weighted by Gasteiger charge is -2.44. The summed E-state index contributed by atoms with van der Waals surface area (Å²) in [4.78, 5) is 78.6. The molecular weight excluding hydrogens is 733 g/mol. The van der Waals surface area contributed by atoms with Crippen molar-refractivity contribution < 1.29 is 51.8 Å². The van der Waals surface area contributed by atoms with Gasteiger partial charge in [0.2, 0.25) is 17.7 Å². The third kappa shape index (κ3) is 7.76. The Morgan fingerprint density at radius 3 is 2.40 bits per heavy atom. The van der Waals surface area contributed by atoms with Crippen LogP contribution in [0.5, 0.6) is 0 Å². The van der Waals surface area contributed by atoms with Gasteiger partial charge in [0, 0.05) is 48.9 Å². The average Bonchev–Trinajstić information content (AvgIpc) is 3.75. The molecular formula is C36H41F2N4O9PS. The molecule has 3 N–H and O–H groups in total. The third-order valence-electron chi connectivity index (χ3n) is 10.6. The average molecular weight is 775 g/mol. The summed E-state index contributed by atoms with van der Waals surface area (Å²) in [6.07, 6.45) is 1.95. The molecule has 1 unspecified atom stereocenters. The van der Waals surface area contributed by atoms with E-state index in [2.05, 4.69) is 5.32 Å². The predicted molar refractivity (Wildman–Crippen MR) is 189 cm³/mol. The smallest absolute Gasteiger partial charge is 0.378 e. The number of carbonyl (C=O) groups excluding carboxylic acids is 4. The predicted octanol–water partition coefficient (Wildman–Crippen LogP) is 3.67. The molecule has 4 saturated heterocycles. The summed E-state index contributed by atoms with van der Waals surface area (Å²) in [5.41, 5.74) is -4.35. The molecule has 284 valence electrons. The molecule has 17 heteroatoms. The number of nitrogens with zero attached hydrogens (tertiary/aromatic N) is 3. The summed E-state index contributed by atoms with van der Waals surface area (Å²) in [6.45, 7) is 2.87. The van der Waals surface area contributed by atoms with E-state index >= 15 is 0 Å². The van der Waals surface area contributed by atoms with Crippen molar-refractivity contribution in [2.45, 2.75) is 68.6 Å². The van der Waals surface area contributed by atoms with E-state index in [0.717, 1.165) is 29.0 Å². The van der Waals surface area contributed by atoms with E-state index in [9.17, 15) is 42.3 Å². The summed E-state index contributed by atoms with van der Waals surface area (Å²) < 4.78 is 52.4. The fraction of sp³-hybridized carbons (Fsp3) is 0.500. The monoisotopic (exact) mass is 774 g/mol. The molecule has 0 saturated carbocycles. The lowest BCUT2D eigenvalue weighted by Crippen LogP contribution is -2.63. The number of hydrogen-bond acceptors (Lipinski definition) is 8. The molecule has 4 aliphatic rings. The van der Waals surface area contributed by atoms with Crippen LogP contribution in [0.3, 0.4) is 0 Å². The minimum absolute atomic E-state index is 0.00118. The zero-order valence-corrected chi connectivity index (χ0v) is 30.5. The number of rotatable bonds is 9. The van der Waals surface area contributed by atoms with Gasteiger partial charge in [-0.1, -0.05) is 36.4 Å². The van der Waals surface area contributed by atoms with Crippen LogP contribution in [0, 0.1) is 5.92 Å². The number of hydrogen-bond donors (Lipinski definition) is 3. The van der Waals surface area contributed by atoms with Crippen molar-refractivity contribution in [1.29, 1.82) is 0 Å². The minimum atomic E-state index is -5.80. The van der Waals surface area contributed by atoms with Gasteiger partial charge in [-0.3, -0.25) is 23.7 Å². The van der Waals surface area contributed by atoms with Crippen molar-refractivity contribution in [2.75, 3.05) is 39.4 Å². The van der Waals surface area contributed by atoms with E-state index in [1.54, 1.807) is 14.7 Å². The molecule has 0 aliphatic carbocycles. The SMILES string of the molecule is O=C(NC1C[C@@H](OCc2ccccc2)CC[C@H]2CC[C@@H](C(=O)N3CC(C(=O)N4CCOCC4)C3)N2C1=O)c1cc2cc(C(F)(F)P(=O)(O)O)ccc2s1. The molecule has 5 heterocycles. The van der Waals surface area contributed by atoms with Crippen molar-refractivity contribution in [3.63, 3.8) is 0 Å². The van der Waals surface area contributed by atoms with Crippen LogP contribution in [-0.4, -0.2) is 112 Å². The highest BCUT2D eigenvalue weighted by atomic mass is 32.1. The summed E-state index contributed by atoms with van der Waals surface area (Å²) in [7, 11) is -5.80. The largest absolute Gasteiger partial charge is 0.399 e. The van der Waals surface area contributed by atoms with Gasteiger partial charge in [-0.2, -0.15) is 8.78 Å². The van der Waals surface area contributed by atoms with Crippen LogP contribution < -0.4 is 5.32 Å². The van der Waals surface area contributed by atoms with E-state index in [1.807, 2.05) is 30.3 Å². The molecule has 4 atom stereocenters. The second-order valence-corrected chi connectivity index (χ2v) is 16.8. The normalized spacial score (nSPS) is 24.4. The fourth-order valence-corrected chi connectivity index (χ4v) is 9.07. The number of fused-ring (bicyclic) bond motifs is 2. The number of carbonyl (C=O) groups is 4. The van der Waals surface area contributed by atoms with E-state index in [-0.39, 0.29) is 53.5 Å². The van der Waals surface area contributed by atoms with Crippen LogP contribution in [-0.2, 0) is 40.7 Å². The Morgan fingerprint density at radius 2 is 1.68 bits per heavy atom. The van der Waals surface area contributed by atoms with E-state index in [0.29, 0.717) is 63.3 Å². The van der Waals surface area contributed by atoms with Crippen molar-refractivity contribution in [2.24, 2.45) is 5.92 Å². The molecule has 0 radical (unpaired) electrons. The van der Waals surface area contributed by atoms with Crippen molar-refractivity contribution in [3.05, 3.63) is 70.6 Å². The Hall–Kier alpha value is -3.79. The zero-order valence-electron chi connectivity index (χ0n) is 28.8. The molecule has 2 aromatic carbocycles. The lowest BCUT2D eigenvalue weighted by molar-refractivity contribution is -0.157. The molecule has 4 aliphatic heterocycles. The number of ether oxygens (including phenoxy) is 2. The highest BCUT2D eigenvalue weighted by molar-refractivity contribution is 7.52. The third-order valence-corrected chi connectivity index (χ3v) is 12.7.